The highest BCUT2D eigenvalue weighted by molar-refractivity contribution is 5.42. The highest BCUT2D eigenvalue weighted by atomic mass is 16.5. The van der Waals surface area contributed by atoms with E-state index >= 15 is 0 Å². The van der Waals surface area contributed by atoms with Gasteiger partial charge >= 0.3 is 0 Å². The average Bonchev–Trinajstić information content (AvgIpc) is 2.46. The largest absolute Gasteiger partial charge is 0.497 e. The SMILES string of the molecule is COc1ccc(COc2ccc(C)cc2OC)cc1. The summed E-state index contributed by atoms with van der Waals surface area (Å²) in [5.41, 5.74) is 2.23. The molecular formula is C16H18O3. The maximum Gasteiger partial charge on any atom is 0.161 e. The van der Waals surface area contributed by atoms with Crippen molar-refractivity contribution in [3.05, 3.63) is 53.6 Å². The standard InChI is InChI=1S/C16H18O3/c1-12-4-9-15(16(10-12)18-3)19-11-13-5-7-14(17-2)8-6-13/h4-10H,11H2,1-3H3. The molecule has 0 aliphatic rings. The minimum Gasteiger partial charge on any atom is -0.497 e. The summed E-state index contributed by atoms with van der Waals surface area (Å²) in [6.07, 6.45) is 0. The zero-order chi connectivity index (χ0) is 13.7. The Morgan fingerprint density at radius 1 is 0.842 bits per heavy atom. The van der Waals surface area contributed by atoms with Crippen molar-refractivity contribution in [1.82, 2.24) is 0 Å². The van der Waals surface area contributed by atoms with Gasteiger partial charge in [-0.15, -0.1) is 0 Å². The lowest BCUT2D eigenvalue weighted by atomic mass is 10.2. The van der Waals surface area contributed by atoms with E-state index in [0.29, 0.717) is 6.61 Å². The number of benzene rings is 2. The topological polar surface area (TPSA) is 27.7 Å². The molecule has 2 rings (SSSR count). The molecule has 0 radical (unpaired) electrons. The van der Waals surface area contributed by atoms with E-state index < -0.39 is 0 Å². The molecule has 0 saturated heterocycles. The summed E-state index contributed by atoms with van der Waals surface area (Å²) >= 11 is 0. The maximum absolute atomic E-state index is 5.78. The van der Waals surface area contributed by atoms with Gasteiger partial charge in [0.25, 0.3) is 0 Å². The number of rotatable bonds is 5. The van der Waals surface area contributed by atoms with Crippen molar-refractivity contribution < 1.29 is 14.2 Å². The summed E-state index contributed by atoms with van der Waals surface area (Å²) < 4.78 is 16.2. The van der Waals surface area contributed by atoms with Gasteiger partial charge in [-0.05, 0) is 42.3 Å². The lowest BCUT2D eigenvalue weighted by molar-refractivity contribution is 0.284. The molecule has 0 aliphatic carbocycles. The number of aryl methyl sites for hydroxylation is 1. The van der Waals surface area contributed by atoms with Gasteiger partial charge in [0, 0.05) is 0 Å². The molecule has 3 nitrogen and oxygen atoms in total. The van der Waals surface area contributed by atoms with Gasteiger partial charge in [0.05, 0.1) is 14.2 Å². The van der Waals surface area contributed by atoms with Crippen LogP contribution < -0.4 is 14.2 Å². The van der Waals surface area contributed by atoms with Crippen LogP contribution >= 0.6 is 0 Å². The second-order valence-electron chi connectivity index (χ2n) is 4.29. The lowest BCUT2D eigenvalue weighted by Crippen LogP contribution is -1.98. The van der Waals surface area contributed by atoms with Gasteiger partial charge in [0.15, 0.2) is 11.5 Å². The van der Waals surface area contributed by atoms with Crippen molar-refractivity contribution in [1.29, 1.82) is 0 Å². The van der Waals surface area contributed by atoms with Crippen LogP contribution in [-0.2, 0) is 6.61 Å². The first-order valence-electron chi connectivity index (χ1n) is 6.13. The Morgan fingerprint density at radius 2 is 1.58 bits per heavy atom. The van der Waals surface area contributed by atoms with Crippen LogP contribution in [0.15, 0.2) is 42.5 Å². The maximum atomic E-state index is 5.78. The number of hydrogen-bond acceptors (Lipinski definition) is 3. The molecule has 0 atom stereocenters. The van der Waals surface area contributed by atoms with E-state index in [9.17, 15) is 0 Å². The van der Waals surface area contributed by atoms with Crippen molar-refractivity contribution in [2.24, 2.45) is 0 Å². The molecule has 0 N–H and O–H groups in total. The first-order valence-corrected chi connectivity index (χ1v) is 6.13. The fourth-order valence-electron chi connectivity index (χ4n) is 1.78. The zero-order valence-corrected chi connectivity index (χ0v) is 11.5. The van der Waals surface area contributed by atoms with E-state index in [1.54, 1.807) is 14.2 Å². The predicted molar refractivity (Wildman–Crippen MR) is 75.1 cm³/mol. The minimum absolute atomic E-state index is 0.503. The molecule has 19 heavy (non-hydrogen) atoms. The van der Waals surface area contributed by atoms with Crippen molar-refractivity contribution in [2.45, 2.75) is 13.5 Å². The Kier molecular flexibility index (Phi) is 4.29. The van der Waals surface area contributed by atoms with Gasteiger partial charge in [-0.1, -0.05) is 18.2 Å². The van der Waals surface area contributed by atoms with Crippen LogP contribution in [0, 0.1) is 6.92 Å². The fourth-order valence-corrected chi connectivity index (χ4v) is 1.78. The molecule has 0 aliphatic heterocycles. The molecule has 0 bridgehead atoms. The van der Waals surface area contributed by atoms with Gasteiger partial charge in [0.2, 0.25) is 0 Å². The Bertz CT molecular complexity index is 532. The van der Waals surface area contributed by atoms with E-state index in [1.807, 2.05) is 49.4 Å². The quantitative estimate of drug-likeness (QED) is 0.820. The molecule has 3 heteroatoms. The summed E-state index contributed by atoms with van der Waals surface area (Å²) in [4.78, 5) is 0. The Labute approximate surface area is 113 Å². The summed E-state index contributed by atoms with van der Waals surface area (Å²) in [5, 5.41) is 0. The van der Waals surface area contributed by atoms with Crippen LogP contribution in [-0.4, -0.2) is 14.2 Å². The molecule has 0 heterocycles. The van der Waals surface area contributed by atoms with Crippen LogP contribution in [0.4, 0.5) is 0 Å². The Morgan fingerprint density at radius 3 is 2.21 bits per heavy atom. The second kappa shape index (κ2) is 6.14. The molecule has 0 saturated carbocycles. The summed E-state index contributed by atoms with van der Waals surface area (Å²) in [6, 6.07) is 13.7. The zero-order valence-electron chi connectivity index (χ0n) is 11.5. The Balaban J connectivity index is 2.05. The van der Waals surface area contributed by atoms with Crippen LogP contribution in [0.5, 0.6) is 17.2 Å². The first kappa shape index (κ1) is 13.3. The molecule has 0 amide bonds. The number of methoxy groups -OCH3 is 2. The van der Waals surface area contributed by atoms with Crippen molar-refractivity contribution in [2.75, 3.05) is 14.2 Å². The summed E-state index contributed by atoms with van der Waals surface area (Å²) in [7, 11) is 3.30. The number of hydrogen-bond donors (Lipinski definition) is 0. The third-order valence-corrected chi connectivity index (χ3v) is 2.87. The lowest BCUT2D eigenvalue weighted by Gasteiger charge is -2.11. The third kappa shape index (κ3) is 3.41. The molecule has 0 fully saturated rings. The highest BCUT2D eigenvalue weighted by Crippen LogP contribution is 2.28. The van der Waals surface area contributed by atoms with Crippen molar-refractivity contribution in [3.63, 3.8) is 0 Å². The van der Waals surface area contributed by atoms with Gasteiger partial charge in [-0.25, -0.2) is 0 Å². The van der Waals surface area contributed by atoms with Gasteiger partial charge in [0.1, 0.15) is 12.4 Å². The molecule has 0 spiro atoms. The minimum atomic E-state index is 0.503. The van der Waals surface area contributed by atoms with Crippen LogP contribution in [0.1, 0.15) is 11.1 Å². The highest BCUT2D eigenvalue weighted by Gasteiger charge is 2.04. The monoisotopic (exact) mass is 258 g/mol. The van der Waals surface area contributed by atoms with E-state index in [-0.39, 0.29) is 0 Å². The molecule has 0 aromatic heterocycles. The molecule has 100 valence electrons. The molecular weight excluding hydrogens is 240 g/mol. The van der Waals surface area contributed by atoms with E-state index in [0.717, 1.165) is 28.4 Å². The summed E-state index contributed by atoms with van der Waals surface area (Å²) in [5.74, 6) is 2.36. The second-order valence-corrected chi connectivity index (χ2v) is 4.29. The van der Waals surface area contributed by atoms with Crippen molar-refractivity contribution >= 4 is 0 Å². The van der Waals surface area contributed by atoms with Gasteiger partial charge in [-0.2, -0.15) is 0 Å². The van der Waals surface area contributed by atoms with E-state index in [4.69, 9.17) is 14.2 Å². The first-order chi connectivity index (χ1) is 9.22. The fraction of sp³-hybridized carbons (Fsp3) is 0.250. The third-order valence-electron chi connectivity index (χ3n) is 2.87. The molecule has 2 aromatic carbocycles. The molecule has 2 aromatic rings. The summed E-state index contributed by atoms with van der Waals surface area (Å²) in [6.45, 7) is 2.53. The average molecular weight is 258 g/mol. The predicted octanol–water partition coefficient (Wildman–Crippen LogP) is 3.59. The van der Waals surface area contributed by atoms with Crippen LogP contribution in [0.2, 0.25) is 0 Å². The van der Waals surface area contributed by atoms with Gasteiger partial charge < -0.3 is 14.2 Å². The van der Waals surface area contributed by atoms with E-state index in [2.05, 4.69) is 0 Å². The van der Waals surface area contributed by atoms with E-state index in [1.165, 1.54) is 0 Å². The number of ether oxygens (including phenoxy) is 3. The smallest absolute Gasteiger partial charge is 0.161 e. The Hall–Kier alpha value is -2.16. The normalized spacial score (nSPS) is 10.1. The van der Waals surface area contributed by atoms with Crippen LogP contribution in [0.25, 0.3) is 0 Å². The van der Waals surface area contributed by atoms with Crippen molar-refractivity contribution in [3.8, 4) is 17.2 Å². The van der Waals surface area contributed by atoms with Crippen LogP contribution in [0.3, 0.4) is 0 Å². The molecule has 0 unspecified atom stereocenters. The van der Waals surface area contributed by atoms with Gasteiger partial charge in [-0.3, -0.25) is 0 Å².